The number of rotatable bonds is 4. The number of hydrogen-bond acceptors (Lipinski definition) is 5. The van der Waals surface area contributed by atoms with E-state index < -0.39 is 35.9 Å². The van der Waals surface area contributed by atoms with E-state index in [-0.39, 0.29) is 5.95 Å². The molecule has 2 heterocycles. The van der Waals surface area contributed by atoms with Crippen molar-refractivity contribution in [1.82, 2.24) is 19.7 Å². The maximum absolute atomic E-state index is 13.6. The molecular weight excluding hydrogens is 424 g/mol. The molecule has 1 aromatic carbocycles. The standard InChI is InChI=1S/C17H12BrF2N5O2/c18-8-1-2-10-11(3-8)15(12-4-13(12)20)24-25(16(10)27)7-14(26)23-17-21-5-9(19)6-22-17/h1-3,5-6,12-13H,4,7H2,(H,21,22,23,26)/t12-,13-/m0/s1. The number of carbonyl (C=O) groups is 1. The van der Waals surface area contributed by atoms with E-state index in [0.29, 0.717) is 22.9 Å². The quantitative estimate of drug-likeness (QED) is 0.679. The van der Waals surface area contributed by atoms with Crippen LogP contribution in [0.5, 0.6) is 0 Å². The van der Waals surface area contributed by atoms with Crippen LogP contribution >= 0.6 is 15.9 Å². The van der Waals surface area contributed by atoms with Crippen molar-refractivity contribution in [3.05, 3.63) is 56.9 Å². The van der Waals surface area contributed by atoms with Gasteiger partial charge >= 0.3 is 0 Å². The van der Waals surface area contributed by atoms with Gasteiger partial charge in [0.15, 0.2) is 5.82 Å². The number of hydrogen-bond donors (Lipinski definition) is 1. The first-order valence-electron chi connectivity index (χ1n) is 8.04. The van der Waals surface area contributed by atoms with Gasteiger partial charge in [-0.25, -0.2) is 23.4 Å². The Bertz CT molecular complexity index is 1100. The third kappa shape index (κ3) is 3.57. The predicted octanol–water partition coefficient (Wildman–Crippen LogP) is 2.55. The topological polar surface area (TPSA) is 89.8 Å². The highest BCUT2D eigenvalue weighted by Gasteiger charge is 2.41. The van der Waals surface area contributed by atoms with Gasteiger partial charge in [-0.3, -0.25) is 14.9 Å². The Morgan fingerprint density at radius 1 is 1.30 bits per heavy atom. The van der Waals surface area contributed by atoms with Crippen molar-refractivity contribution in [1.29, 1.82) is 0 Å². The number of alkyl halides is 1. The number of aromatic nitrogens is 4. The Kier molecular flexibility index (Phi) is 4.42. The van der Waals surface area contributed by atoms with Gasteiger partial charge in [-0.2, -0.15) is 5.10 Å². The zero-order valence-electron chi connectivity index (χ0n) is 13.7. The van der Waals surface area contributed by atoms with Crippen LogP contribution in [0.3, 0.4) is 0 Å². The van der Waals surface area contributed by atoms with Crippen LogP contribution in [-0.4, -0.2) is 31.8 Å². The summed E-state index contributed by atoms with van der Waals surface area (Å²) in [5, 5.41) is 7.52. The van der Waals surface area contributed by atoms with E-state index in [2.05, 4.69) is 36.3 Å². The molecule has 0 unspecified atom stereocenters. The molecule has 4 rings (SSSR count). The molecule has 0 radical (unpaired) electrons. The third-order valence-electron chi connectivity index (χ3n) is 4.18. The van der Waals surface area contributed by atoms with Crippen molar-refractivity contribution in [3.63, 3.8) is 0 Å². The van der Waals surface area contributed by atoms with Crippen LogP contribution in [0.2, 0.25) is 0 Å². The van der Waals surface area contributed by atoms with Crippen LogP contribution in [0, 0.1) is 5.82 Å². The number of amides is 1. The Balaban J connectivity index is 1.68. The average Bonchev–Trinajstić information content (AvgIpc) is 3.35. The van der Waals surface area contributed by atoms with E-state index in [1.165, 1.54) is 0 Å². The molecule has 1 fully saturated rings. The first-order chi connectivity index (χ1) is 12.9. The second-order valence-corrected chi connectivity index (χ2v) is 7.08. The minimum Gasteiger partial charge on any atom is -0.293 e. The zero-order chi connectivity index (χ0) is 19.1. The summed E-state index contributed by atoms with van der Waals surface area (Å²) in [5.74, 6) is -1.73. The monoisotopic (exact) mass is 435 g/mol. The molecule has 1 N–H and O–H groups in total. The summed E-state index contributed by atoms with van der Waals surface area (Å²) in [4.78, 5) is 32.1. The summed E-state index contributed by atoms with van der Waals surface area (Å²) in [5.41, 5.74) is -0.0169. The summed E-state index contributed by atoms with van der Waals surface area (Å²) in [7, 11) is 0. The molecule has 2 atom stereocenters. The van der Waals surface area contributed by atoms with E-state index in [4.69, 9.17) is 0 Å². The molecular formula is C17H12BrF2N5O2. The molecule has 27 heavy (non-hydrogen) atoms. The number of fused-ring (bicyclic) bond motifs is 1. The molecule has 3 aromatic rings. The highest BCUT2D eigenvalue weighted by atomic mass is 79.9. The van der Waals surface area contributed by atoms with Gasteiger partial charge in [0.1, 0.15) is 12.7 Å². The minimum atomic E-state index is -1.01. The average molecular weight is 436 g/mol. The van der Waals surface area contributed by atoms with E-state index in [9.17, 15) is 18.4 Å². The highest BCUT2D eigenvalue weighted by Crippen LogP contribution is 2.44. The number of benzene rings is 1. The molecule has 1 aliphatic carbocycles. The lowest BCUT2D eigenvalue weighted by Crippen LogP contribution is -2.31. The maximum Gasteiger partial charge on any atom is 0.275 e. The first-order valence-corrected chi connectivity index (χ1v) is 8.83. The molecule has 0 bridgehead atoms. The van der Waals surface area contributed by atoms with Gasteiger partial charge in [0, 0.05) is 15.8 Å². The lowest BCUT2D eigenvalue weighted by molar-refractivity contribution is -0.117. The predicted molar refractivity (Wildman–Crippen MR) is 96.6 cm³/mol. The van der Waals surface area contributed by atoms with Gasteiger partial charge in [0.2, 0.25) is 11.9 Å². The van der Waals surface area contributed by atoms with E-state index in [0.717, 1.165) is 21.5 Å². The summed E-state index contributed by atoms with van der Waals surface area (Å²) in [6.45, 7) is -0.401. The molecule has 0 spiro atoms. The van der Waals surface area contributed by atoms with Crippen molar-refractivity contribution in [2.45, 2.75) is 25.1 Å². The van der Waals surface area contributed by atoms with Gasteiger partial charge < -0.3 is 0 Å². The first kappa shape index (κ1) is 17.7. The highest BCUT2D eigenvalue weighted by molar-refractivity contribution is 9.10. The minimum absolute atomic E-state index is 0.0922. The second kappa shape index (κ2) is 6.76. The Morgan fingerprint density at radius 2 is 2.00 bits per heavy atom. The zero-order valence-corrected chi connectivity index (χ0v) is 15.3. The number of halogens is 3. The second-order valence-electron chi connectivity index (χ2n) is 6.17. The number of nitrogens with zero attached hydrogens (tertiary/aromatic N) is 4. The van der Waals surface area contributed by atoms with Crippen molar-refractivity contribution < 1.29 is 13.6 Å². The molecule has 10 heteroatoms. The van der Waals surface area contributed by atoms with Gasteiger partial charge in [-0.05, 0) is 24.6 Å². The van der Waals surface area contributed by atoms with Gasteiger partial charge in [0.25, 0.3) is 5.56 Å². The van der Waals surface area contributed by atoms with Crippen molar-refractivity contribution in [3.8, 4) is 0 Å². The van der Waals surface area contributed by atoms with Crippen molar-refractivity contribution >= 4 is 38.6 Å². The summed E-state index contributed by atoms with van der Waals surface area (Å²) < 4.78 is 28.2. The van der Waals surface area contributed by atoms with E-state index >= 15 is 0 Å². The number of carbonyl (C=O) groups excluding carboxylic acids is 1. The van der Waals surface area contributed by atoms with Crippen LogP contribution < -0.4 is 10.9 Å². The van der Waals surface area contributed by atoms with Crippen molar-refractivity contribution in [2.24, 2.45) is 0 Å². The van der Waals surface area contributed by atoms with Crippen LogP contribution in [0.4, 0.5) is 14.7 Å². The fourth-order valence-corrected chi connectivity index (χ4v) is 3.15. The van der Waals surface area contributed by atoms with Gasteiger partial charge in [-0.1, -0.05) is 15.9 Å². The normalized spacial score (nSPS) is 18.5. The molecule has 1 aliphatic rings. The Labute approximate surface area is 159 Å². The molecule has 1 saturated carbocycles. The summed E-state index contributed by atoms with van der Waals surface area (Å²) in [6.07, 6.45) is 1.15. The molecule has 138 valence electrons. The van der Waals surface area contributed by atoms with E-state index in [1.807, 2.05) is 0 Å². The van der Waals surface area contributed by atoms with E-state index in [1.54, 1.807) is 18.2 Å². The smallest absolute Gasteiger partial charge is 0.275 e. The SMILES string of the molecule is O=C(Cn1nc([C@H]2C[C@@H]2F)c2cc(Br)ccc2c1=O)Nc1ncc(F)cn1. The summed E-state index contributed by atoms with van der Waals surface area (Å²) >= 11 is 3.34. The fraction of sp³-hybridized carbons (Fsp3) is 0.235. The maximum atomic E-state index is 13.6. The molecule has 1 amide bonds. The molecule has 0 saturated heterocycles. The van der Waals surface area contributed by atoms with Crippen LogP contribution in [0.1, 0.15) is 18.0 Å². The molecule has 7 nitrogen and oxygen atoms in total. The van der Waals surface area contributed by atoms with Crippen LogP contribution in [0.25, 0.3) is 10.8 Å². The Morgan fingerprint density at radius 3 is 2.67 bits per heavy atom. The Hall–Kier alpha value is -2.75. The number of anilines is 1. The fourth-order valence-electron chi connectivity index (χ4n) is 2.79. The van der Waals surface area contributed by atoms with Gasteiger partial charge in [-0.15, -0.1) is 0 Å². The summed E-state index contributed by atoms with van der Waals surface area (Å²) in [6, 6.07) is 5.03. The largest absolute Gasteiger partial charge is 0.293 e. The van der Waals surface area contributed by atoms with Crippen molar-refractivity contribution in [2.75, 3.05) is 5.32 Å². The van der Waals surface area contributed by atoms with Crippen LogP contribution in [0.15, 0.2) is 39.9 Å². The van der Waals surface area contributed by atoms with Gasteiger partial charge in [0.05, 0.1) is 23.5 Å². The van der Waals surface area contributed by atoms with Crippen LogP contribution in [-0.2, 0) is 11.3 Å². The molecule has 2 aromatic heterocycles. The molecule has 0 aliphatic heterocycles. The lowest BCUT2D eigenvalue weighted by atomic mass is 10.1. The number of nitrogens with one attached hydrogen (secondary N) is 1. The third-order valence-corrected chi connectivity index (χ3v) is 4.67. The lowest BCUT2D eigenvalue weighted by Gasteiger charge is -2.11.